The largest absolute Gasteiger partial charge is 0.307 e. The van der Waals surface area contributed by atoms with Gasteiger partial charge in [0.2, 0.25) is 0 Å². The average Bonchev–Trinajstić information content (AvgIpc) is 2.94. The predicted octanol–water partition coefficient (Wildman–Crippen LogP) is 4.12. The Labute approximate surface area is 141 Å². The van der Waals surface area contributed by atoms with Crippen molar-refractivity contribution in [3.8, 4) is 0 Å². The van der Waals surface area contributed by atoms with E-state index in [9.17, 15) is 13.6 Å². The molecule has 4 nitrogen and oxygen atoms in total. The first-order valence-corrected chi connectivity index (χ1v) is 7.43. The summed E-state index contributed by atoms with van der Waals surface area (Å²) in [6.07, 6.45) is 1.52. The minimum Gasteiger partial charge on any atom is -0.307 e. The highest BCUT2D eigenvalue weighted by Crippen LogP contribution is 2.16. The molecule has 0 bridgehead atoms. The molecular formula is C17H12ClF2N3O. The van der Waals surface area contributed by atoms with Gasteiger partial charge in [-0.1, -0.05) is 23.7 Å². The average molecular weight is 348 g/mol. The smallest absolute Gasteiger partial charge is 0.259 e. The molecule has 1 aromatic heterocycles. The summed E-state index contributed by atoms with van der Waals surface area (Å²) >= 11 is 5.95. The van der Waals surface area contributed by atoms with Gasteiger partial charge in [-0.3, -0.25) is 4.79 Å². The van der Waals surface area contributed by atoms with Crippen molar-refractivity contribution >= 4 is 23.3 Å². The fraction of sp³-hybridized carbons (Fsp3) is 0.0588. The summed E-state index contributed by atoms with van der Waals surface area (Å²) in [5.74, 6) is -1.95. The Morgan fingerprint density at radius 2 is 2.00 bits per heavy atom. The second-order valence-electron chi connectivity index (χ2n) is 5.08. The number of carbonyl (C=O) groups excluding carboxylic acids is 1. The molecule has 0 saturated carbocycles. The van der Waals surface area contributed by atoms with Crippen LogP contribution in [0.5, 0.6) is 0 Å². The molecule has 7 heteroatoms. The van der Waals surface area contributed by atoms with E-state index in [1.54, 1.807) is 22.9 Å². The molecule has 0 aliphatic heterocycles. The van der Waals surface area contributed by atoms with Crippen LogP contribution in [-0.4, -0.2) is 15.7 Å². The van der Waals surface area contributed by atoms with Crippen LogP contribution in [0.15, 0.2) is 54.7 Å². The van der Waals surface area contributed by atoms with Crippen LogP contribution >= 0.6 is 11.6 Å². The van der Waals surface area contributed by atoms with E-state index in [4.69, 9.17) is 11.6 Å². The van der Waals surface area contributed by atoms with E-state index in [1.807, 2.05) is 12.1 Å². The molecule has 3 rings (SSSR count). The maximum Gasteiger partial charge on any atom is 0.259 e. The van der Waals surface area contributed by atoms with Crippen LogP contribution in [0.4, 0.5) is 14.6 Å². The Morgan fingerprint density at radius 3 is 2.75 bits per heavy atom. The number of aromatic nitrogens is 2. The molecule has 2 aromatic carbocycles. The highest BCUT2D eigenvalue weighted by molar-refractivity contribution is 6.30. The Hall–Kier alpha value is -2.73. The number of amides is 1. The van der Waals surface area contributed by atoms with Gasteiger partial charge in [0.05, 0.1) is 18.3 Å². The molecular weight excluding hydrogens is 336 g/mol. The van der Waals surface area contributed by atoms with Crippen LogP contribution in [0.3, 0.4) is 0 Å². The lowest BCUT2D eigenvalue weighted by molar-refractivity contribution is 0.102. The van der Waals surface area contributed by atoms with Gasteiger partial charge in [-0.05, 0) is 29.8 Å². The highest BCUT2D eigenvalue weighted by atomic mass is 35.5. The van der Waals surface area contributed by atoms with E-state index in [2.05, 4.69) is 10.4 Å². The first kappa shape index (κ1) is 16.1. The van der Waals surface area contributed by atoms with Crippen molar-refractivity contribution in [3.63, 3.8) is 0 Å². The van der Waals surface area contributed by atoms with Crippen molar-refractivity contribution in [1.29, 1.82) is 0 Å². The second kappa shape index (κ2) is 6.80. The Morgan fingerprint density at radius 1 is 1.17 bits per heavy atom. The zero-order valence-corrected chi connectivity index (χ0v) is 13.1. The zero-order chi connectivity index (χ0) is 17.1. The van der Waals surface area contributed by atoms with Crippen LogP contribution in [0, 0.1) is 11.6 Å². The van der Waals surface area contributed by atoms with Gasteiger partial charge in [-0.15, -0.1) is 0 Å². The summed E-state index contributed by atoms with van der Waals surface area (Å²) in [4.78, 5) is 12.2. The van der Waals surface area contributed by atoms with Gasteiger partial charge in [-0.2, -0.15) is 5.10 Å². The first-order chi connectivity index (χ1) is 11.5. The normalized spacial score (nSPS) is 10.6. The summed E-state index contributed by atoms with van der Waals surface area (Å²) in [6.45, 7) is 0.384. The van der Waals surface area contributed by atoms with Crippen molar-refractivity contribution in [2.24, 2.45) is 0 Å². The number of anilines is 1. The molecule has 0 aliphatic carbocycles. The number of benzene rings is 2. The lowest BCUT2D eigenvalue weighted by Crippen LogP contribution is -2.17. The van der Waals surface area contributed by atoms with Gasteiger partial charge in [0.15, 0.2) is 0 Å². The summed E-state index contributed by atoms with van der Waals surface area (Å²) in [5.41, 5.74) is 0.654. The fourth-order valence-corrected chi connectivity index (χ4v) is 2.44. The van der Waals surface area contributed by atoms with Gasteiger partial charge in [0.25, 0.3) is 5.91 Å². The van der Waals surface area contributed by atoms with E-state index in [0.29, 0.717) is 23.5 Å². The van der Waals surface area contributed by atoms with E-state index in [0.717, 1.165) is 17.7 Å². The van der Waals surface area contributed by atoms with Crippen LogP contribution in [0.25, 0.3) is 0 Å². The molecule has 1 heterocycles. The quantitative estimate of drug-likeness (QED) is 0.772. The molecule has 0 spiro atoms. The van der Waals surface area contributed by atoms with Gasteiger partial charge in [-0.25, -0.2) is 13.5 Å². The summed E-state index contributed by atoms with van der Waals surface area (Å²) in [5, 5.41) is 7.29. The Bertz CT molecular complexity index is 895. The minimum absolute atomic E-state index is 0.244. The molecule has 122 valence electrons. The molecule has 3 aromatic rings. The number of carbonyl (C=O) groups is 1. The number of rotatable bonds is 4. The van der Waals surface area contributed by atoms with Crippen molar-refractivity contribution in [1.82, 2.24) is 9.78 Å². The van der Waals surface area contributed by atoms with Crippen LogP contribution < -0.4 is 5.32 Å². The summed E-state index contributed by atoms with van der Waals surface area (Å²) in [7, 11) is 0. The molecule has 1 amide bonds. The van der Waals surface area contributed by atoms with Crippen molar-refractivity contribution in [2.45, 2.75) is 6.54 Å². The lowest BCUT2D eigenvalue weighted by atomic mass is 10.2. The number of halogens is 3. The Kier molecular flexibility index (Phi) is 4.57. The van der Waals surface area contributed by atoms with E-state index < -0.39 is 17.5 Å². The molecule has 0 radical (unpaired) electrons. The topological polar surface area (TPSA) is 46.9 Å². The predicted molar refractivity (Wildman–Crippen MR) is 87.1 cm³/mol. The molecule has 0 aliphatic rings. The fourth-order valence-electron chi connectivity index (χ4n) is 2.23. The zero-order valence-electron chi connectivity index (χ0n) is 12.3. The summed E-state index contributed by atoms with van der Waals surface area (Å²) < 4.78 is 28.2. The minimum atomic E-state index is -0.923. The van der Waals surface area contributed by atoms with Gasteiger partial charge in [0, 0.05) is 17.2 Å². The monoisotopic (exact) mass is 347 g/mol. The molecule has 0 saturated heterocycles. The maximum atomic E-state index is 13.7. The SMILES string of the molecule is O=C(Nc1ccnn1Cc1cccc(Cl)c1)c1ccc(F)cc1F. The number of hydrogen-bond acceptors (Lipinski definition) is 2. The third kappa shape index (κ3) is 3.60. The van der Waals surface area contributed by atoms with Gasteiger partial charge < -0.3 is 5.32 Å². The standard InChI is InChI=1S/C17H12ClF2N3O/c18-12-3-1-2-11(8-12)10-23-16(6-7-21-23)22-17(24)14-5-4-13(19)9-15(14)20/h1-9H,10H2,(H,22,24). The lowest BCUT2D eigenvalue weighted by Gasteiger charge is -2.10. The van der Waals surface area contributed by atoms with E-state index in [-0.39, 0.29) is 5.56 Å². The molecule has 0 fully saturated rings. The van der Waals surface area contributed by atoms with Crippen LogP contribution in [0.1, 0.15) is 15.9 Å². The van der Waals surface area contributed by atoms with E-state index in [1.165, 1.54) is 6.20 Å². The number of nitrogens with one attached hydrogen (secondary N) is 1. The van der Waals surface area contributed by atoms with Crippen LogP contribution in [-0.2, 0) is 6.54 Å². The molecule has 24 heavy (non-hydrogen) atoms. The third-order valence-corrected chi connectivity index (χ3v) is 3.59. The maximum absolute atomic E-state index is 13.7. The van der Waals surface area contributed by atoms with Crippen LogP contribution in [0.2, 0.25) is 5.02 Å². The summed E-state index contributed by atoms with van der Waals surface area (Å²) in [6, 6.07) is 11.6. The third-order valence-electron chi connectivity index (χ3n) is 3.36. The van der Waals surface area contributed by atoms with Crippen molar-refractivity contribution in [2.75, 3.05) is 5.32 Å². The number of nitrogens with zero attached hydrogens (tertiary/aromatic N) is 2. The molecule has 0 unspecified atom stereocenters. The van der Waals surface area contributed by atoms with Crippen molar-refractivity contribution < 1.29 is 13.6 Å². The Balaban J connectivity index is 1.79. The first-order valence-electron chi connectivity index (χ1n) is 7.05. The second-order valence-corrected chi connectivity index (χ2v) is 5.52. The number of hydrogen-bond donors (Lipinski definition) is 1. The van der Waals surface area contributed by atoms with Gasteiger partial charge in [0.1, 0.15) is 17.5 Å². The van der Waals surface area contributed by atoms with Gasteiger partial charge >= 0.3 is 0 Å². The van der Waals surface area contributed by atoms with Crippen molar-refractivity contribution in [3.05, 3.63) is 82.5 Å². The highest BCUT2D eigenvalue weighted by Gasteiger charge is 2.14. The molecule has 1 N–H and O–H groups in total. The molecule has 0 atom stereocenters. The van der Waals surface area contributed by atoms with E-state index >= 15 is 0 Å².